The molecule has 48 heavy (non-hydrogen) atoms. The molecular weight excluding hydrogens is 673 g/mol. The van der Waals surface area contributed by atoms with Crippen molar-refractivity contribution < 1.29 is 31.7 Å². The molecular formula is C31H34ClF3N8O4S. The van der Waals surface area contributed by atoms with Gasteiger partial charge in [0, 0.05) is 55.9 Å². The number of nitrogens with zero attached hydrogens (tertiary/aromatic N) is 5. The third kappa shape index (κ3) is 8.33. The minimum absolute atomic E-state index is 0.0188. The molecule has 3 aromatic rings. The molecule has 1 atom stereocenters. The van der Waals surface area contributed by atoms with Crippen molar-refractivity contribution in [1.29, 1.82) is 0 Å². The highest BCUT2D eigenvalue weighted by molar-refractivity contribution is 7.85. The van der Waals surface area contributed by atoms with E-state index in [0.29, 0.717) is 43.4 Å². The number of ether oxygens (including phenoxy) is 1. The summed E-state index contributed by atoms with van der Waals surface area (Å²) in [6.45, 7) is 3.18. The highest BCUT2D eigenvalue weighted by Crippen LogP contribution is 2.48. The van der Waals surface area contributed by atoms with Crippen molar-refractivity contribution in [2.45, 2.75) is 49.1 Å². The van der Waals surface area contributed by atoms with Gasteiger partial charge in [0.2, 0.25) is 17.8 Å². The third-order valence-corrected chi connectivity index (χ3v) is 10.5. The first kappa shape index (κ1) is 33.9. The number of aromatic nitrogens is 3. The van der Waals surface area contributed by atoms with E-state index in [4.69, 9.17) is 16.3 Å². The molecule has 3 fully saturated rings. The summed E-state index contributed by atoms with van der Waals surface area (Å²) < 4.78 is 58.9. The van der Waals surface area contributed by atoms with Crippen molar-refractivity contribution >= 4 is 52.0 Å². The number of piperazine rings is 1. The number of anilines is 3. The first-order valence-electron chi connectivity index (χ1n) is 15.4. The van der Waals surface area contributed by atoms with Crippen molar-refractivity contribution in [3.05, 3.63) is 64.7 Å². The number of hydrogen-bond donors (Lipinski definition) is 3. The fourth-order valence-electron chi connectivity index (χ4n) is 5.53. The van der Waals surface area contributed by atoms with Crippen LogP contribution in [0.2, 0.25) is 5.02 Å². The minimum Gasteiger partial charge on any atom is -0.454 e. The normalized spacial score (nSPS) is 18.8. The Morgan fingerprint density at radius 3 is 2.17 bits per heavy atom. The number of benzene rings is 2. The van der Waals surface area contributed by atoms with Crippen LogP contribution in [0, 0.1) is 0 Å². The Bertz CT molecular complexity index is 1680. The van der Waals surface area contributed by atoms with Crippen LogP contribution < -0.4 is 20.1 Å². The Kier molecular flexibility index (Phi) is 9.51. The molecule has 3 aliphatic rings. The van der Waals surface area contributed by atoms with E-state index in [1.54, 1.807) is 36.1 Å². The highest BCUT2D eigenvalue weighted by atomic mass is 35.5. The van der Waals surface area contributed by atoms with Crippen LogP contribution in [-0.4, -0.2) is 91.0 Å². The Morgan fingerprint density at radius 2 is 1.58 bits per heavy atom. The average Bonchev–Trinajstić information content (AvgIpc) is 3.98. The maximum absolute atomic E-state index is 13.2. The zero-order chi connectivity index (χ0) is 34.1. The van der Waals surface area contributed by atoms with Crippen LogP contribution in [0.1, 0.15) is 48.5 Å². The van der Waals surface area contributed by atoms with Gasteiger partial charge in [0.1, 0.15) is 11.0 Å². The first-order valence-corrected chi connectivity index (χ1v) is 16.9. The Labute approximate surface area is 282 Å². The second-order valence-electron chi connectivity index (χ2n) is 12.3. The maximum atomic E-state index is 13.2. The zero-order valence-corrected chi connectivity index (χ0v) is 27.6. The summed E-state index contributed by atoms with van der Waals surface area (Å²) in [4.78, 5) is 41.0. The van der Waals surface area contributed by atoms with Gasteiger partial charge in [-0.25, -0.2) is 4.21 Å². The molecule has 256 valence electrons. The maximum Gasteiger partial charge on any atom is 0.422 e. The molecule has 2 amide bonds. The van der Waals surface area contributed by atoms with Crippen LogP contribution in [0.3, 0.4) is 0 Å². The molecule has 2 aromatic carbocycles. The number of nitrogens with one attached hydrogen (secondary N) is 3. The molecule has 2 aliphatic carbocycles. The van der Waals surface area contributed by atoms with E-state index in [9.17, 15) is 27.0 Å². The molecule has 0 spiro atoms. The molecule has 1 unspecified atom stereocenters. The van der Waals surface area contributed by atoms with E-state index < -0.39 is 46.0 Å². The van der Waals surface area contributed by atoms with Crippen molar-refractivity contribution in [2.75, 3.05) is 50.0 Å². The largest absolute Gasteiger partial charge is 0.454 e. The molecule has 1 aliphatic heterocycles. The molecule has 0 bridgehead atoms. The number of hydrogen-bond acceptors (Lipinski definition) is 10. The Morgan fingerprint density at radius 1 is 0.938 bits per heavy atom. The number of rotatable bonds is 12. The monoisotopic (exact) mass is 706 g/mol. The molecule has 17 heteroatoms. The zero-order valence-electron chi connectivity index (χ0n) is 26.0. The van der Waals surface area contributed by atoms with E-state index in [2.05, 4.69) is 35.2 Å². The summed E-state index contributed by atoms with van der Waals surface area (Å²) in [5.74, 6) is -0.515. The van der Waals surface area contributed by atoms with Crippen LogP contribution in [0.25, 0.3) is 0 Å². The van der Waals surface area contributed by atoms with Crippen LogP contribution in [0.15, 0.2) is 48.5 Å². The van der Waals surface area contributed by atoms with Crippen LogP contribution in [-0.2, 0) is 21.3 Å². The quantitative estimate of drug-likeness (QED) is 0.248. The van der Waals surface area contributed by atoms with Crippen molar-refractivity contribution in [1.82, 2.24) is 29.5 Å². The fraction of sp³-hybridized carbons (Fsp3) is 0.452. The second kappa shape index (κ2) is 13.5. The topological polar surface area (TPSA) is 142 Å². The SMILES string of the molecule is CC(=O)N1CCN(CC2(S(=O)NC(=O)c3ccc(Nc4nc(NC5(c6ccc(Cl)cc6)CC5)nc(OCC(F)(F)F)n4)cc3)CC2)CC1. The Balaban J connectivity index is 1.10. The number of alkyl halides is 3. The molecule has 2 heterocycles. The van der Waals surface area contributed by atoms with Crippen molar-refractivity contribution in [3.63, 3.8) is 0 Å². The van der Waals surface area contributed by atoms with Gasteiger partial charge in [0.25, 0.3) is 5.91 Å². The number of carbonyl (C=O) groups excluding carboxylic acids is 2. The standard InChI is InChI=1S/C31H34ClF3N8O4S/c1-20(44)43-16-14-42(15-17-43)18-29(10-11-29)48(46)41-25(45)21-2-8-24(9-3-21)36-26-37-27(39-28(38-26)47-19-31(33,34)35)40-30(12-13-30)22-4-6-23(32)7-5-22/h2-9H,10-19H2,1H3,(H,41,45)(H2,36,37,38,39,40). The summed E-state index contributed by atoms with van der Waals surface area (Å²) in [6, 6.07) is 12.9. The fourth-order valence-corrected chi connectivity index (χ4v) is 6.93. The number of carbonyl (C=O) groups is 2. The third-order valence-electron chi connectivity index (χ3n) is 8.60. The summed E-state index contributed by atoms with van der Waals surface area (Å²) in [7, 11) is -1.61. The minimum atomic E-state index is -4.60. The lowest BCUT2D eigenvalue weighted by Crippen LogP contribution is -2.51. The van der Waals surface area contributed by atoms with E-state index in [0.717, 1.165) is 31.2 Å². The van der Waals surface area contributed by atoms with Gasteiger partial charge in [0.05, 0.1) is 10.3 Å². The highest BCUT2D eigenvalue weighted by Gasteiger charge is 2.51. The number of amides is 2. The van der Waals surface area contributed by atoms with Gasteiger partial charge in [-0.05, 0) is 67.6 Å². The first-order chi connectivity index (χ1) is 22.8. The van der Waals surface area contributed by atoms with Gasteiger partial charge >= 0.3 is 12.2 Å². The lowest BCUT2D eigenvalue weighted by atomic mass is 10.1. The predicted octanol–water partition coefficient (Wildman–Crippen LogP) is 4.40. The van der Waals surface area contributed by atoms with Crippen molar-refractivity contribution in [2.24, 2.45) is 0 Å². The molecule has 1 saturated heterocycles. The second-order valence-corrected chi connectivity index (χ2v) is 14.3. The van der Waals surface area contributed by atoms with Gasteiger partial charge in [-0.2, -0.15) is 28.1 Å². The van der Waals surface area contributed by atoms with Gasteiger partial charge in [0.15, 0.2) is 6.61 Å². The van der Waals surface area contributed by atoms with Crippen LogP contribution >= 0.6 is 11.6 Å². The smallest absolute Gasteiger partial charge is 0.422 e. The summed E-state index contributed by atoms with van der Waals surface area (Å²) in [5.41, 5.74) is 1.12. The molecule has 0 radical (unpaired) electrons. The van der Waals surface area contributed by atoms with E-state index in [-0.39, 0.29) is 23.4 Å². The lowest BCUT2D eigenvalue weighted by molar-refractivity contribution is -0.154. The molecule has 3 N–H and O–H groups in total. The Hall–Kier alpha value is -4.02. The van der Waals surface area contributed by atoms with Gasteiger partial charge in [-0.1, -0.05) is 23.7 Å². The van der Waals surface area contributed by atoms with E-state index in [1.165, 1.54) is 12.1 Å². The van der Waals surface area contributed by atoms with Gasteiger partial charge < -0.3 is 20.3 Å². The molecule has 2 saturated carbocycles. The summed E-state index contributed by atoms with van der Waals surface area (Å²) >= 11 is 6.03. The summed E-state index contributed by atoms with van der Waals surface area (Å²) in [6.07, 6.45) is -1.65. The predicted molar refractivity (Wildman–Crippen MR) is 173 cm³/mol. The summed E-state index contributed by atoms with van der Waals surface area (Å²) in [5, 5.41) is 6.72. The van der Waals surface area contributed by atoms with Gasteiger partial charge in [-0.3, -0.25) is 19.2 Å². The van der Waals surface area contributed by atoms with E-state index >= 15 is 0 Å². The lowest BCUT2D eigenvalue weighted by Gasteiger charge is -2.35. The molecule has 12 nitrogen and oxygen atoms in total. The van der Waals surface area contributed by atoms with E-state index in [1.807, 2.05) is 12.1 Å². The number of halogens is 4. The van der Waals surface area contributed by atoms with Crippen molar-refractivity contribution in [3.8, 4) is 6.01 Å². The van der Waals surface area contributed by atoms with Gasteiger partial charge in [-0.15, -0.1) is 0 Å². The van der Waals surface area contributed by atoms with Crippen LogP contribution in [0.4, 0.5) is 30.8 Å². The average molecular weight is 707 g/mol. The molecule has 6 rings (SSSR count). The molecule has 1 aromatic heterocycles. The van der Waals surface area contributed by atoms with Crippen LogP contribution in [0.5, 0.6) is 6.01 Å².